The predicted molar refractivity (Wildman–Crippen MR) is 68.4 cm³/mol. The zero-order valence-corrected chi connectivity index (χ0v) is 11.0. The van der Waals surface area contributed by atoms with Crippen LogP contribution in [0.4, 0.5) is 5.69 Å². The Balaban J connectivity index is 2.98. The Labute approximate surface area is 99.9 Å². The average Bonchev–Trinajstić information content (AvgIpc) is 2.11. The van der Waals surface area contributed by atoms with Gasteiger partial charge in [-0.25, -0.2) is 4.99 Å². The van der Waals surface area contributed by atoms with Crippen LogP contribution >= 0.6 is 38.5 Å². The lowest BCUT2D eigenvalue weighted by atomic mass is 10.3. The minimum absolute atomic E-state index is 0.665. The van der Waals surface area contributed by atoms with Crippen molar-refractivity contribution in [2.75, 3.05) is 0 Å². The lowest BCUT2D eigenvalue weighted by Gasteiger charge is -1.99. The van der Waals surface area contributed by atoms with Crippen molar-refractivity contribution >= 4 is 50.0 Å². The summed E-state index contributed by atoms with van der Waals surface area (Å²) in [4.78, 5) is 4.25. The number of benzene rings is 1. The van der Waals surface area contributed by atoms with E-state index in [0.29, 0.717) is 5.84 Å². The predicted octanol–water partition coefficient (Wildman–Crippen LogP) is 3.45. The standard InChI is InChI=1S/C9H10BrIN2/c1-2-9(12)13-6-3-4-7(10)8(11)5-6/h3-5H,2H2,1H3,(H2,12,13). The molecule has 1 aromatic carbocycles. The third kappa shape index (κ3) is 3.27. The summed E-state index contributed by atoms with van der Waals surface area (Å²) in [5, 5.41) is 0. The smallest absolute Gasteiger partial charge is 0.0993 e. The Morgan fingerprint density at radius 1 is 1.62 bits per heavy atom. The van der Waals surface area contributed by atoms with Crippen molar-refractivity contribution in [3.63, 3.8) is 0 Å². The van der Waals surface area contributed by atoms with Crippen LogP contribution in [0.2, 0.25) is 0 Å². The fourth-order valence-corrected chi connectivity index (χ4v) is 1.54. The van der Waals surface area contributed by atoms with Crippen LogP contribution in [-0.4, -0.2) is 5.84 Å². The van der Waals surface area contributed by atoms with Crippen molar-refractivity contribution in [1.29, 1.82) is 0 Å². The van der Waals surface area contributed by atoms with Gasteiger partial charge in [0.1, 0.15) is 0 Å². The number of amidine groups is 1. The van der Waals surface area contributed by atoms with E-state index >= 15 is 0 Å². The van der Waals surface area contributed by atoms with Gasteiger partial charge in [0.05, 0.1) is 11.5 Å². The van der Waals surface area contributed by atoms with Gasteiger partial charge in [0, 0.05) is 14.5 Å². The highest BCUT2D eigenvalue weighted by Gasteiger charge is 1.97. The second-order valence-corrected chi connectivity index (χ2v) is 4.57. The average molecular weight is 353 g/mol. The van der Waals surface area contributed by atoms with Crippen molar-refractivity contribution in [2.45, 2.75) is 13.3 Å². The third-order valence-corrected chi connectivity index (χ3v) is 3.86. The summed E-state index contributed by atoms with van der Waals surface area (Å²) >= 11 is 5.68. The molecule has 0 aliphatic rings. The zero-order valence-electron chi connectivity index (χ0n) is 7.22. The van der Waals surface area contributed by atoms with Crippen LogP contribution in [0.3, 0.4) is 0 Å². The number of hydrogen-bond donors (Lipinski definition) is 1. The zero-order chi connectivity index (χ0) is 9.84. The number of halogens is 2. The maximum Gasteiger partial charge on any atom is 0.0993 e. The topological polar surface area (TPSA) is 38.4 Å². The first-order valence-electron chi connectivity index (χ1n) is 3.91. The summed E-state index contributed by atoms with van der Waals surface area (Å²) in [5.41, 5.74) is 6.54. The summed E-state index contributed by atoms with van der Waals surface area (Å²) in [5.74, 6) is 0.665. The van der Waals surface area contributed by atoms with Crippen LogP contribution in [0.1, 0.15) is 13.3 Å². The van der Waals surface area contributed by atoms with Gasteiger partial charge in [-0.15, -0.1) is 0 Å². The minimum Gasteiger partial charge on any atom is -0.387 e. The Morgan fingerprint density at radius 3 is 2.85 bits per heavy atom. The minimum atomic E-state index is 0.665. The third-order valence-electron chi connectivity index (χ3n) is 1.54. The molecule has 4 heteroatoms. The maximum atomic E-state index is 5.63. The van der Waals surface area contributed by atoms with Gasteiger partial charge >= 0.3 is 0 Å². The molecule has 0 saturated heterocycles. The molecule has 70 valence electrons. The Morgan fingerprint density at radius 2 is 2.31 bits per heavy atom. The van der Waals surface area contributed by atoms with Crippen LogP contribution in [0.5, 0.6) is 0 Å². The van der Waals surface area contributed by atoms with E-state index in [1.807, 2.05) is 25.1 Å². The first kappa shape index (κ1) is 11.0. The maximum absolute atomic E-state index is 5.63. The molecule has 1 aromatic rings. The summed E-state index contributed by atoms with van der Waals surface area (Å²) in [6, 6.07) is 5.91. The van der Waals surface area contributed by atoms with E-state index in [-0.39, 0.29) is 0 Å². The van der Waals surface area contributed by atoms with Crippen LogP contribution in [0.25, 0.3) is 0 Å². The fraction of sp³-hybridized carbons (Fsp3) is 0.222. The first-order chi connectivity index (χ1) is 6.13. The molecule has 2 N–H and O–H groups in total. The van der Waals surface area contributed by atoms with Crippen LogP contribution < -0.4 is 5.73 Å². The summed E-state index contributed by atoms with van der Waals surface area (Å²) in [6.45, 7) is 1.99. The number of hydrogen-bond acceptors (Lipinski definition) is 1. The van der Waals surface area contributed by atoms with E-state index in [1.54, 1.807) is 0 Å². The summed E-state index contributed by atoms with van der Waals surface area (Å²) in [7, 11) is 0. The van der Waals surface area contributed by atoms with E-state index in [4.69, 9.17) is 5.73 Å². The largest absolute Gasteiger partial charge is 0.387 e. The summed E-state index contributed by atoms with van der Waals surface area (Å²) < 4.78 is 2.23. The Bertz CT molecular complexity index is 336. The Kier molecular flexibility index (Phi) is 4.18. The number of nitrogens with zero attached hydrogens (tertiary/aromatic N) is 1. The van der Waals surface area contributed by atoms with Gasteiger partial charge in [-0.05, 0) is 56.7 Å². The van der Waals surface area contributed by atoms with Gasteiger partial charge in [0.15, 0.2) is 0 Å². The summed E-state index contributed by atoms with van der Waals surface area (Å²) in [6.07, 6.45) is 0.784. The first-order valence-corrected chi connectivity index (χ1v) is 5.78. The highest BCUT2D eigenvalue weighted by Crippen LogP contribution is 2.24. The molecule has 0 spiro atoms. The number of rotatable bonds is 2. The second kappa shape index (κ2) is 4.95. The fourth-order valence-electron chi connectivity index (χ4n) is 0.799. The highest BCUT2D eigenvalue weighted by atomic mass is 127. The lowest BCUT2D eigenvalue weighted by molar-refractivity contribution is 1.23. The van der Waals surface area contributed by atoms with E-state index in [9.17, 15) is 0 Å². The molecule has 0 radical (unpaired) electrons. The van der Waals surface area contributed by atoms with Crippen molar-refractivity contribution < 1.29 is 0 Å². The van der Waals surface area contributed by atoms with E-state index in [0.717, 1.165) is 20.2 Å². The molecule has 0 atom stereocenters. The van der Waals surface area contributed by atoms with Gasteiger partial charge in [-0.2, -0.15) is 0 Å². The van der Waals surface area contributed by atoms with E-state index in [2.05, 4.69) is 43.5 Å². The van der Waals surface area contributed by atoms with Gasteiger partial charge < -0.3 is 5.73 Å². The molecular weight excluding hydrogens is 343 g/mol. The van der Waals surface area contributed by atoms with Crippen LogP contribution in [0.15, 0.2) is 27.7 Å². The van der Waals surface area contributed by atoms with Crippen molar-refractivity contribution in [2.24, 2.45) is 10.7 Å². The molecule has 0 bridgehead atoms. The monoisotopic (exact) mass is 352 g/mol. The molecule has 13 heavy (non-hydrogen) atoms. The quantitative estimate of drug-likeness (QED) is 0.494. The van der Waals surface area contributed by atoms with Gasteiger partial charge in [-0.1, -0.05) is 6.92 Å². The van der Waals surface area contributed by atoms with Gasteiger partial charge in [-0.3, -0.25) is 0 Å². The van der Waals surface area contributed by atoms with Gasteiger partial charge in [0.25, 0.3) is 0 Å². The molecule has 0 fully saturated rings. The molecule has 0 saturated carbocycles. The normalized spacial score (nSPS) is 11.8. The number of aliphatic imine (C=N–C) groups is 1. The molecule has 0 aliphatic carbocycles. The lowest BCUT2D eigenvalue weighted by Crippen LogP contribution is -2.08. The van der Waals surface area contributed by atoms with Crippen molar-refractivity contribution in [1.82, 2.24) is 0 Å². The van der Waals surface area contributed by atoms with Crippen LogP contribution in [0, 0.1) is 3.57 Å². The molecule has 0 heterocycles. The molecule has 0 aromatic heterocycles. The van der Waals surface area contributed by atoms with Gasteiger partial charge in [0.2, 0.25) is 0 Å². The van der Waals surface area contributed by atoms with E-state index < -0.39 is 0 Å². The van der Waals surface area contributed by atoms with Crippen molar-refractivity contribution in [3.8, 4) is 0 Å². The molecule has 0 aliphatic heterocycles. The molecule has 0 unspecified atom stereocenters. The molecule has 0 amide bonds. The van der Waals surface area contributed by atoms with E-state index in [1.165, 1.54) is 0 Å². The van der Waals surface area contributed by atoms with Crippen LogP contribution in [-0.2, 0) is 0 Å². The SMILES string of the molecule is CCC(N)=Nc1ccc(Br)c(I)c1. The molecule has 1 rings (SSSR count). The van der Waals surface area contributed by atoms with Crippen molar-refractivity contribution in [3.05, 3.63) is 26.2 Å². The molecular formula is C9H10BrIN2. The Hall–Kier alpha value is -0.100. The molecule has 2 nitrogen and oxygen atoms in total. The second-order valence-electron chi connectivity index (χ2n) is 2.56. The number of nitrogens with two attached hydrogens (primary N) is 1. The highest BCUT2D eigenvalue weighted by molar-refractivity contribution is 14.1.